The third-order valence-corrected chi connectivity index (χ3v) is 2.48. The van der Waals surface area contributed by atoms with Gasteiger partial charge in [-0.15, -0.1) is 10.2 Å². The van der Waals surface area contributed by atoms with Gasteiger partial charge in [0.2, 0.25) is 0 Å². The molecule has 6 nitrogen and oxygen atoms in total. The molecular weight excluding hydrogens is 208 g/mol. The molecule has 0 bridgehead atoms. The van der Waals surface area contributed by atoms with Gasteiger partial charge in [-0.25, -0.2) is 0 Å². The van der Waals surface area contributed by atoms with E-state index >= 15 is 0 Å². The Morgan fingerprint density at radius 1 is 1.25 bits per heavy atom. The number of benzene rings is 1. The molecule has 6 heteroatoms. The number of nitrogens with zero attached hydrogens (tertiary/aromatic N) is 4. The second kappa shape index (κ2) is 3.73. The Morgan fingerprint density at radius 3 is 2.44 bits per heavy atom. The van der Waals surface area contributed by atoms with Crippen LogP contribution in [0.1, 0.15) is 11.1 Å². The Balaban J connectivity index is 2.69. The highest BCUT2D eigenvalue weighted by molar-refractivity contribution is 5.56. The molecule has 0 aliphatic heterocycles. The predicted molar refractivity (Wildman–Crippen MR) is 57.5 cm³/mol. The number of aryl methyl sites for hydroxylation is 1. The summed E-state index contributed by atoms with van der Waals surface area (Å²) in [6.07, 6.45) is 3.05. The fourth-order valence-corrected chi connectivity index (χ4v) is 1.74. The Morgan fingerprint density at radius 2 is 1.88 bits per heavy atom. The molecule has 0 amide bonds. The van der Waals surface area contributed by atoms with E-state index < -0.39 is 0 Å². The zero-order valence-electron chi connectivity index (χ0n) is 8.91. The summed E-state index contributed by atoms with van der Waals surface area (Å²) in [6, 6.07) is 3.24. The molecule has 0 aliphatic rings. The molecule has 0 saturated carbocycles. The lowest BCUT2D eigenvalue weighted by Crippen LogP contribution is -2.01. The van der Waals surface area contributed by atoms with Crippen molar-refractivity contribution in [3.8, 4) is 5.69 Å². The molecule has 1 heterocycles. The summed E-state index contributed by atoms with van der Waals surface area (Å²) in [5, 5.41) is 18.2. The van der Waals surface area contributed by atoms with Crippen LogP contribution >= 0.6 is 0 Å². The normalized spacial score (nSPS) is 10.4. The third-order valence-electron chi connectivity index (χ3n) is 2.48. The molecule has 2 aromatic rings. The molecule has 0 aliphatic carbocycles. The van der Waals surface area contributed by atoms with E-state index in [-0.39, 0.29) is 10.6 Å². The second-order valence-electron chi connectivity index (χ2n) is 3.50. The van der Waals surface area contributed by atoms with Crippen LogP contribution in [-0.4, -0.2) is 19.7 Å². The zero-order chi connectivity index (χ0) is 11.7. The van der Waals surface area contributed by atoms with Gasteiger partial charge in [-0.2, -0.15) is 0 Å². The summed E-state index contributed by atoms with van der Waals surface area (Å²) in [5.74, 6) is 0. The first-order chi connectivity index (χ1) is 7.61. The third kappa shape index (κ3) is 1.54. The van der Waals surface area contributed by atoms with Crippen molar-refractivity contribution in [2.24, 2.45) is 0 Å². The van der Waals surface area contributed by atoms with E-state index in [1.165, 1.54) is 18.7 Å². The van der Waals surface area contributed by atoms with Crippen molar-refractivity contribution in [1.82, 2.24) is 14.8 Å². The van der Waals surface area contributed by atoms with Gasteiger partial charge in [-0.05, 0) is 19.4 Å². The summed E-state index contributed by atoms with van der Waals surface area (Å²) in [5.41, 5.74) is 2.43. The van der Waals surface area contributed by atoms with Crippen LogP contribution in [0.15, 0.2) is 24.8 Å². The molecule has 1 aromatic carbocycles. The molecule has 0 spiro atoms. The quantitative estimate of drug-likeness (QED) is 0.569. The van der Waals surface area contributed by atoms with E-state index in [4.69, 9.17) is 0 Å². The fraction of sp³-hybridized carbons (Fsp3) is 0.200. The fourth-order valence-electron chi connectivity index (χ4n) is 1.74. The van der Waals surface area contributed by atoms with Crippen LogP contribution in [0.2, 0.25) is 0 Å². The van der Waals surface area contributed by atoms with E-state index in [9.17, 15) is 10.1 Å². The van der Waals surface area contributed by atoms with Gasteiger partial charge in [0.1, 0.15) is 12.7 Å². The number of hydrogen-bond acceptors (Lipinski definition) is 4. The number of nitro groups is 1. The Bertz CT molecular complexity index is 534. The molecule has 2 rings (SSSR count). The topological polar surface area (TPSA) is 73.8 Å². The van der Waals surface area contributed by atoms with Gasteiger partial charge in [0.15, 0.2) is 0 Å². The van der Waals surface area contributed by atoms with Crippen molar-refractivity contribution in [1.29, 1.82) is 0 Å². The molecule has 0 radical (unpaired) electrons. The molecule has 16 heavy (non-hydrogen) atoms. The SMILES string of the molecule is Cc1ccc([N+](=O)[O-])c(C)c1-n1cnnc1. The van der Waals surface area contributed by atoms with Crippen LogP contribution < -0.4 is 0 Å². The Kier molecular flexibility index (Phi) is 2.40. The highest BCUT2D eigenvalue weighted by Crippen LogP contribution is 2.26. The summed E-state index contributed by atoms with van der Waals surface area (Å²) < 4.78 is 1.68. The highest BCUT2D eigenvalue weighted by atomic mass is 16.6. The minimum atomic E-state index is -0.386. The van der Waals surface area contributed by atoms with Gasteiger partial charge < -0.3 is 0 Å². The van der Waals surface area contributed by atoms with Gasteiger partial charge in [0.05, 0.1) is 16.2 Å². The molecule has 0 unspecified atom stereocenters. The molecule has 0 atom stereocenters. The second-order valence-corrected chi connectivity index (χ2v) is 3.50. The molecule has 0 N–H and O–H groups in total. The first-order valence-corrected chi connectivity index (χ1v) is 4.71. The first-order valence-electron chi connectivity index (χ1n) is 4.71. The van der Waals surface area contributed by atoms with E-state index in [1.54, 1.807) is 17.6 Å². The smallest absolute Gasteiger partial charge is 0.274 e. The van der Waals surface area contributed by atoms with Gasteiger partial charge in [0.25, 0.3) is 5.69 Å². The summed E-state index contributed by atoms with van der Waals surface area (Å²) in [4.78, 5) is 10.4. The van der Waals surface area contributed by atoms with E-state index in [0.717, 1.165) is 11.3 Å². The van der Waals surface area contributed by atoms with Crippen molar-refractivity contribution in [2.45, 2.75) is 13.8 Å². The average Bonchev–Trinajstić information content (AvgIpc) is 2.70. The highest BCUT2D eigenvalue weighted by Gasteiger charge is 2.16. The zero-order valence-corrected chi connectivity index (χ0v) is 8.91. The molecule has 1 aromatic heterocycles. The minimum Gasteiger partial charge on any atom is -0.287 e. The Labute approximate surface area is 91.7 Å². The largest absolute Gasteiger partial charge is 0.287 e. The minimum absolute atomic E-state index is 0.106. The van der Waals surface area contributed by atoms with Gasteiger partial charge in [-0.1, -0.05) is 6.07 Å². The van der Waals surface area contributed by atoms with Crippen LogP contribution in [0.4, 0.5) is 5.69 Å². The standard InChI is InChI=1S/C10H10N4O2/c1-7-3-4-9(14(15)16)8(2)10(7)13-5-11-12-6-13/h3-6H,1-2H3. The maximum absolute atomic E-state index is 10.8. The number of hydrogen-bond donors (Lipinski definition) is 0. The van der Waals surface area contributed by atoms with Crippen LogP contribution in [0.5, 0.6) is 0 Å². The number of rotatable bonds is 2. The summed E-state index contributed by atoms with van der Waals surface area (Å²) in [6.45, 7) is 3.62. The van der Waals surface area contributed by atoms with Gasteiger partial charge in [-0.3, -0.25) is 14.7 Å². The molecule has 0 fully saturated rings. The van der Waals surface area contributed by atoms with Crippen molar-refractivity contribution < 1.29 is 4.92 Å². The molecule has 82 valence electrons. The van der Waals surface area contributed by atoms with Crippen LogP contribution in [0.3, 0.4) is 0 Å². The maximum Gasteiger partial charge on any atom is 0.274 e. The average molecular weight is 218 g/mol. The summed E-state index contributed by atoms with van der Waals surface area (Å²) >= 11 is 0. The van der Waals surface area contributed by atoms with Crippen LogP contribution in [-0.2, 0) is 0 Å². The summed E-state index contributed by atoms with van der Waals surface area (Å²) in [7, 11) is 0. The molecular formula is C10H10N4O2. The van der Waals surface area contributed by atoms with Crippen molar-refractivity contribution in [3.05, 3.63) is 46.0 Å². The van der Waals surface area contributed by atoms with Gasteiger partial charge in [0, 0.05) is 6.07 Å². The molecule has 0 saturated heterocycles. The predicted octanol–water partition coefficient (Wildman–Crippen LogP) is 1.79. The van der Waals surface area contributed by atoms with E-state index in [2.05, 4.69) is 10.2 Å². The monoisotopic (exact) mass is 218 g/mol. The Hall–Kier alpha value is -2.24. The van der Waals surface area contributed by atoms with Crippen LogP contribution in [0.25, 0.3) is 5.69 Å². The maximum atomic E-state index is 10.8. The van der Waals surface area contributed by atoms with E-state index in [1.807, 2.05) is 6.92 Å². The van der Waals surface area contributed by atoms with Crippen molar-refractivity contribution in [3.63, 3.8) is 0 Å². The lowest BCUT2D eigenvalue weighted by atomic mass is 10.1. The lowest BCUT2D eigenvalue weighted by Gasteiger charge is -2.09. The number of nitro benzene ring substituents is 1. The van der Waals surface area contributed by atoms with Crippen LogP contribution in [0, 0.1) is 24.0 Å². The van der Waals surface area contributed by atoms with Gasteiger partial charge >= 0.3 is 0 Å². The lowest BCUT2D eigenvalue weighted by molar-refractivity contribution is -0.385. The van der Waals surface area contributed by atoms with Crippen molar-refractivity contribution in [2.75, 3.05) is 0 Å². The number of aromatic nitrogens is 3. The van der Waals surface area contributed by atoms with Crippen molar-refractivity contribution >= 4 is 5.69 Å². The first kappa shape index (κ1) is 10.3. The van der Waals surface area contributed by atoms with E-state index in [0.29, 0.717) is 5.56 Å².